The molecule has 1 aliphatic heterocycles. The first-order valence-electron chi connectivity index (χ1n) is 16.4. The Morgan fingerprint density at radius 3 is 2.20 bits per heavy atom. The Hall–Kier alpha value is -4.78. The maximum Gasteiger partial charge on any atom is 0.258 e. The van der Waals surface area contributed by atoms with Gasteiger partial charge in [-0.2, -0.15) is 0 Å². The lowest BCUT2D eigenvalue weighted by molar-refractivity contribution is -0.134. The maximum absolute atomic E-state index is 13.9. The minimum absolute atomic E-state index is 0.00296. The topological polar surface area (TPSA) is 165 Å². The summed E-state index contributed by atoms with van der Waals surface area (Å²) in [6, 6.07) is 13.3. The molecule has 12 nitrogen and oxygen atoms in total. The van der Waals surface area contributed by atoms with E-state index in [1.807, 2.05) is 44.2 Å². The number of nitrogens with zero attached hydrogens (tertiary/aromatic N) is 1. The van der Waals surface area contributed by atoms with Crippen LogP contribution < -0.4 is 30.7 Å². The van der Waals surface area contributed by atoms with Crippen LogP contribution in [0, 0.1) is 17.8 Å². The Labute approximate surface area is 290 Å². The van der Waals surface area contributed by atoms with Crippen LogP contribution in [0.1, 0.15) is 56.8 Å². The van der Waals surface area contributed by atoms with Gasteiger partial charge in [-0.3, -0.25) is 24.0 Å². The molecule has 0 saturated carbocycles. The number of thiazole rings is 1. The van der Waals surface area contributed by atoms with Crippen LogP contribution in [0.15, 0.2) is 60.8 Å². The molecule has 4 amide bonds. The van der Waals surface area contributed by atoms with Crippen molar-refractivity contribution in [2.45, 2.75) is 65.1 Å². The van der Waals surface area contributed by atoms with Gasteiger partial charge in [0.25, 0.3) is 5.91 Å². The summed E-state index contributed by atoms with van der Waals surface area (Å²) >= 11 is 1.22. The summed E-state index contributed by atoms with van der Waals surface area (Å²) in [6.07, 6.45) is 2.53. The largest absolute Gasteiger partial charge is 0.497 e. The van der Waals surface area contributed by atoms with Gasteiger partial charge in [0, 0.05) is 18.7 Å². The second-order valence-corrected chi connectivity index (χ2v) is 13.8. The van der Waals surface area contributed by atoms with E-state index < -0.39 is 47.5 Å². The van der Waals surface area contributed by atoms with E-state index in [4.69, 9.17) is 9.47 Å². The van der Waals surface area contributed by atoms with Crippen molar-refractivity contribution in [2.75, 3.05) is 20.3 Å². The third-order valence-electron chi connectivity index (χ3n) is 8.13. The zero-order valence-electron chi connectivity index (χ0n) is 28.5. The van der Waals surface area contributed by atoms with E-state index in [2.05, 4.69) is 26.3 Å². The van der Waals surface area contributed by atoms with Gasteiger partial charge in [-0.05, 0) is 60.9 Å². The average Bonchev–Trinajstić information content (AvgIpc) is 3.75. The summed E-state index contributed by atoms with van der Waals surface area (Å²) in [4.78, 5) is 71.7. The zero-order chi connectivity index (χ0) is 35.5. The first-order valence-corrected chi connectivity index (χ1v) is 17.3. The highest BCUT2D eigenvalue weighted by Gasteiger charge is 2.36. The third kappa shape index (κ3) is 10.6. The molecule has 3 aromatic rings. The molecule has 0 bridgehead atoms. The highest BCUT2D eigenvalue weighted by atomic mass is 32.1. The molecule has 4 N–H and O–H groups in total. The number of carbonyl (C=O) groups is 5. The van der Waals surface area contributed by atoms with E-state index in [1.165, 1.54) is 11.3 Å². The van der Waals surface area contributed by atoms with Crippen LogP contribution in [-0.4, -0.2) is 72.8 Å². The SMILES string of the molecule is COc1ccc(OCC(=O)N[C@@H](C(=O)N[C@H](CC(C)C)C(=O)N[C@H](C[C@H]2CCNC2=O)C(=O)c2ncc(-c3ccccc3)s2)C(C)C)cc1. The van der Waals surface area contributed by atoms with Crippen molar-refractivity contribution in [2.24, 2.45) is 17.8 Å². The Morgan fingerprint density at radius 2 is 1.59 bits per heavy atom. The first kappa shape index (κ1) is 37.0. The minimum atomic E-state index is -1.04. The molecule has 4 rings (SSSR count). The molecule has 1 aliphatic rings. The number of nitrogens with one attached hydrogen (secondary N) is 4. The Morgan fingerprint density at radius 1 is 0.918 bits per heavy atom. The molecular weight excluding hydrogens is 646 g/mol. The van der Waals surface area contributed by atoms with Crippen molar-refractivity contribution in [1.82, 2.24) is 26.3 Å². The van der Waals surface area contributed by atoms with Crippen molar-refractivity contribution < 1.29 is 33.4 Å². The van der Waals surface area contributed by atoms with E-state index in [1.54, 1.807) is 51.4 Å². The number of hydrogen-bond acceptors (Lipinski definition) is 9. The highest BCUT2D eigenvalue weighted by molar-refractivity contribution is 7.17. The Kier molecular flexibility index (Phi) is 13.3. The monoisotopic (exact) mass is 691 g/mol. The summed E-state index contributed by atoms with van der Waals surface area (Å²) in [5.74, 6) is -1.84. The van der Waals surface area contributed by atoms with Crippen LogP contribution in [0.4, 0.5) is 0 Å². The number of benzene rings is 2. The fraction of sp³-hybridized carbons (Fsp3) is 0.444. The van der Waals surface area contributed by atoms with Crippen LogP contribution >= 0.6 is 11.3 Å². The quantitative estimate of drug-likeness (QED) is 0.156. The summed E-state index contributed by atoms with van der Waals surface area (Å²) in [5.41, 5.74) is 0.911. The number of carbonyl (C=O) groups excluding carboxylic acids is 5. The number of hydrogen-bond donors (Lipinski definition) is 4. The fourth-order valence-electron chi connectivity index (χ4n) is 5.47. The number of methoxy groups -OCH3 is 1. The van der Waals surface area contributed by atoms with Crippen LogP contribution in [0.3, 0.4) is 0 Å². The van der Waals surface area contributed by atoms with Gasteiger partial charge in [0.1, 0.15) is 23.6 Å². The Bertz CT molecular complexity index is 1590. The molecule has 2 heterocycles. The fourth-order valence-corrected chi connectivity index (χ4v) is 6.38. The standard InChI is InChI=1S/C36H45N5O7S/c1-21(2)17-28(40-35(46)31(22(3)4)41-30(42)20-48-26-13-11-25(47-5)12-14-26)34(45)39-27(18-24-15-16-37-33(24)44)32(43)36-38-19-29(49-36)23-9-7-6-8-10-23/h6-14,19,21-22,24,27-28,31H,15-18,20H2,1-5H3,(H,37,44)(H,39,45)(H,40,46)(H,41,42)/t24-,27-,28-,31-/m1/s1. The number of ketones is 1. The summed E-state index contributed by atoms with van der Waals surface area (Å²) in [6.45, 7) is 7.57. The molecule has 0 radical (unpaired) electrons. The van der Waals surface area contributed by atoms with E-state index in [0.717, 1.165) is 10.4 Å². The lowest BCUT2D eigenvalue weighted by Gasteiger charge is -2.27. The number of aromatic nitrogens is 1. The average molecular weight is 692 g/mol. The zero-order valence-corrected chi connectivity index (χ0v) is 29.3. The Balaban J connectivity index is 1.46. The molecule has 1 saturated heterocycles. The molecule has 0 aliphatic carbocycles. The number of Topliss-reactive ketones (excluding diaryl/α,β-unsaturated/α-hetero) is 1. The van der Waals surface area contributed by atoms with Crippen LogP contribution in [0.25, 0.3) is 10.4 Å². The lowest BCUT2D eigenvalue weighted by Crippen LogP contribution is -2.57. The van der Waals surface area contributed by atoms with Crippen LogP contribution in [-0.2, 0) is 19.2 Å². The predicted octanol–water partition coefficient (Wildman–Crippen LogP) is 3.76. The van der Waals surface area contributed by atoms with E-state index in [-0.39, 0.29) is 42.2 Å². The smallest absolute Gasteiger partial charge is 0.258 e. The normalized spacial score (nSPS) is 16.0. The van der Waals surface area contributed by atoms with Crippen molar-refractivity contribution in [3.8, 4) is 21.9 Å². The van der Waals surface area contributed by atoms with Gasteiger partial charge in [-0.15, -0.1) is 11.3 Å². The lowest BCUT2D eigenvalue weighted by atomic mass is 9.95. The number of rotatable bonds is 17. The summed E-state index contributed by atoms with van der Waals surface area (Å²) in [5, 5.41) is 11.4. The summed E-state index contributed by atoms with van der Waals surface area (Å²) < 4.78 is 10.7. The van der Waals surface area contributed by atoms with E-state index >= 15 is 0 Å². The predicted molar refractivity (Wildman–Crippen MR) is 186 cm³/mol. The van der Waals surface area contributed by atoms with Crippen molar-refractivity contribution in [1.29, 1.82) is 0 Å². The molecule has 0 spiro atoms. The van der Waals surface area contributed by atoms with Crippen molar-refractivity contribution in [3.05, 3.63) is 65.8 Å². The van der Waals surface area contributed by atoms with Gasteiger partial charge in [0.2, 0.25) is 23.5 Å². The van der Waals surface area contributed by atoms with Gasteiger partial charge in [0.05, 0.1) is 18.0 Å². The van der Waals surface area contributed by atoms with Crippen molar-refractivity contribution in [3.63, 3.8) is 0 Å². The molecular formula is C36H45N5O7S. The van der Waals surface area contributed by atoms with Gasteiger partial charge < -0.3 is 30.7 Å². The molecule has 49 heavy (non-hydrogen) atoms. The number of ether oxygens (including phenoxy) is 2. The van der Waals surface area contributed by atoms with Gasteiger partial charge >= 0.3 is 0 Å². The summed E-state index contributed by atoms with van der Waals surface area (Å²) in [7, 11) is 1.55. The molecule has 13 heteroatoms. The highest BCUT2D eigenvalue weighted by Crippen LogP contribution is 2.28. The van der Waals surface area contributed by atoms with E-state index in [0.29, 0.717) is 24.5 Å². The molecule has 4 atom stereocenters. The van der Waals surface area contributed by atoms with Gasteiger partial charge in [0.15, 0.2) is 11.6 Å². The molecule has 2 aromatic carbocycles. The van der Waals surface area contributed by atoms with Crippen LogP contribution in [0.2, 0.25) is 0 Å². The molecule has 0 unspecified atom stereocenters. The maximum atomic E-state index is 13.9. The first-order chi connectivity index (χ1) is 23.4. The van der Waals surface area contributed by atoms with Gasteiger partial charge in [-0.25, -0.2) is 4.98 Å². The second-order valence-electron chi connectivity index (χ2n) is 12.8. The third-order valence-corrected chi connectivity index (χ3v) is 9.19. The van der Waals surface area contributed by atoms with Crippen LogP contribution in [0.5, 0.6) is 11.5 Å². The van der Waals surface area contributed by atoms with E-state index in [9.17, 15) is 24.0 Å². The molecule has 1 fully saturated rings. The van der Waals surface area contributed by atoms with Gasteiger partial charge in [-0.1, -0.05) is 58.0 Å². The molecule has 262 valence electrons. The number of amides is 4. The van der Waals surface area contributed by atoms with Crippen molar-refractivity contribution >= 4 is 40.7 Å². The second kappa shape index (κ2) is 17.6. The minimum Gasteiger partial charge on any atom is -0.497 e. The molecule has 1 aromatic heterocycles.